The van der Waals surface area contributed by atoms with Crippen molar-refractivity contribution in [1.29, 1.82) is 0 Å². The van der Waals surface area contributed by atoms with Crippen LogP contribution in [0.1, 0.15) is 11.1 Å². The smallest absolute Gasteiger partial charge is 0.240 e. The molecule has 3 rings (SSSR count). The Morgan fingerprint density at radius 1 is 1.00 bits per heavy atom. The van der Waals surface area contributed by atoms with Crippen LogP contribution in [0.2, 0.25) is 0 Å². The second-order valence-corrected chi connectivity index (χ2v) is 8.10. The van der Waals surface area contributed by atoms with E-state index in [-0.39, 0.29) is 10.8 Å². The number of benzene rings is 2. The zero-order valence-electron chi connectivity index (χ0n) is 14.5. The molecular weight excluding hydrogens is 350 g/mol. The van der Waals surface area contributed by atoms with E-state index in [0.717, 1.165) is 17.7 Å². The first-order valence-electron chi connectivity index (χ1n) is 8.64. The quantitative estimate of drug-likeness (QED) is 0.763. The van der Waals surface area contributed by atoms with Gasteiger partial charge in [0.2, 0.25) is 15.9 Å². The fraction of sp³-hybridized carbons (Fsp3) is 0.316. The van der Waals surface area contributed by atoms with E-state index >= 15 is 0 Å². The minimum absolute atomic E-state index is 0.0260. The van der Waals surface area contributed by atoms with Crippen molar-refractivity contribution < 1.29 is 13.2 Å². The van der Waals surface area contributed by atoms with Crippen molar-refractivity contribution in [1.82, 2.24) is 14.9 Å². The SMILES string of the molecule is O=C1CN(Cc2ccc(S(=O)(=O)NCCc3ccccc3)cc2)CCN1. The molecule has 0 saturated carbocycles. The normalized spacial score (nSPS) is 15.6. The van der Waals surface area contributed by atoms with Crippen LogP contribution in [0.3, 0.4) is 0 Å². The zero-order chi connectivity index (χ0) is 18.4. The lowest BCUT2D eigenvalue weighted by molar-refractivity contribution is -0.124. The van der Waals surface area contributed by atoms with Gasteiger partial charge in [0.15, 0.2) is 0 Å². The largest absolute Gasteiger partial charge is 0.354 e. The van der Waals surface area contributed by atoms with Crippen LogP contribution >= 0.6 is 0 Å². The average Bonchev–Trinajstić information content (AvgIpc) is 2.63. The van der Waals surface area contributed by atoms with Gasteiger partial charge in [-0.1, -0.05) is 42.5 Å². The Hall–Kier alpha value is -2.22. The van der Waals surface area contributed by atoms with Crippen molar-refractivity contribution in [2.24, 2.45) is 0 Å². The number of sulfonamides is 1. The van der Waals surface area contributed by atoms with Crippen molar-refractivity contribution >= 4 is 15.9 Å². The van der Waals surface area contributed by atoms with Gasteiger partial charge in [-0.3, -0.25) is 9.69 Å². The molecule has 6 nitrogen and oxygen atoms in total. The van der Waals surface area contributed by atoms with Crippen molar-refractivity contribution in [2.45, 2.75) is 17.9 Å². The highest BCUT2D eigenvalue weighted by molar-refractivity contribution is 7.89. The standard InChI is InChI=1S/C19H23N3O3S/c23-19-15-22(13-12-20-19)14-17-6-8-18(9-7-17)26(24,25)21-11-10-16-4-2-1-3-5-16/h1-9,21H,10-15H2,(H,20,23). The number of rotatable bonds is 7. The minimum atomic E-state index is -3.52. The summed E-state index contributed by atoms with van der Waals surface area (Å²) in [6.45, 7) is 2.82. The Labute approximate surface area is 154 Å². The molecule has 2 N–H and O–H groups in total. The fourth-order valence-corrected chi connectivity index (χ4v) is 3.95. The second kappa shape index (κ2) is 8.44. The maximum Gasteiger partial charge on any atom is 0.240 e. The third kappa shape index (κ3) is 5.14. The van der Waals surface area contributed by atoms with Crippen molar-refractivity contribution in [3.63, 3.8) is 0 Å². The van der Waals surface area contributed by atoms with Gasteiger partial charge in [-0.15, -0.1) is 0 Å². The average molecular weight is 373 g/mol. The van der Waals surface area contributed by atoms with E-state index in [4.69, 9.17) is 0 Å². The third-order valence-electron chi connectivity index (χ3n) is 4.31. The molecule has 0 atom stereocenters. The van der Waals surface area contributed by atoms with Gasteiger partial charge in [0.25, 0.3) is 0 Å². The molecule has 0 aromatic heterocycles. The monoisotopic (exact) mass is 373 g/mol. The summed E-state index contributed by atoms with van der Waals surface area (Å²) in [7, 11) is -3.52. The molecule has 1 aliphatic heterocycles. The summed E-state index contributed by atoms with van der Waals surface area (Å²) in [6.07, 6.45) is 0.648. The van der Waals surface area contributed by atoms with E-state index in [0.29, 0.717) is 32.6 Å². The summed E-state index contributed by atoms with van der Waals surface area (Å²) in [4.78, 5) is 13.7. The van der Waals surface area contributed by atoms with E-state index in [1.165, 1.54) is 0 Å². The summed E-state index contributed by atoms with van der Waals surface area (Å²) < 4.78 is 27.4. The van der Waals surface area contributed by atoms with Crippen molar-refractivity contribution in [3.8, 4) is 0 Å². The number of amides is 1. The third-order valence-corrected chi connectivity index (χ3v) is 5.78. The molecule has 1 saturated heterocycles. The zero-order valence-corrected chi connectivity index (χ0v) is 15.3. The van der Waals surface area contributed by atoms with Gasteiger partial charge in [-0.2, -0.15) is 0 Å². The topological polar surface area (TPSA) is 78.5 Å². The van der Waals surface area contributed by atoms with Crippen LogP contribution in [0, 0.1) is 0 Å². The van der Waals surface area contributed by atoms with E-state index in [2.05, 4.69) is 10.0 Å². The molecule has 1 fully saturated rings. The molecule has 0 unspecified atom stereocenters. The predicted molar refractivity (Wildman–Crippen MR) is 100 cm³/mol. The minimum Gasteiger partial charge on any atom is -0.354 e. The molecule has 0 radical (unpaired) electrons. The van der Waals surface area contributed by atoms with Gasteiger partial charge in [0.1, 0.15) is 0 Å². The number of hydrogen-bond donors (Lipinski definition) is 2. The molecule has 1 heterocycles. The highest BCUT2D eigenvalue weighted by Gasteiger charge is 2.17. The van der Waals surface area contributed by atoms with E-state index < -0.39 is 10.0 Å². The Bertz CT molecular complexity index is 836. The predicted octanol–water partition coefficient (Wildman–Crippen LogP) is 1.14. The second-order valence-electron chi connectivity index (χ2n) is 6.34. The molecule has 26 heavy (non-hydrogen) atoms. The first-order valence-corrected chi connectivity index (χ1v) is 10.1. The lowest BCUT2D eigenvalue weighted by Crippen LogP contribution is -2.47. The lowest BCUT2D eigenvalue weighted by Gasteiger charge is -2.26. The first kappa shape index (κ1) is 18.6. The molecule has 2 aromatic rings. The number of carbonyl (C=O) groups excluding carboxylic acids is 1. The summed E-state index contributed by atoms with van der Waals surface area (Å²) in [6, 6.07) is 16.6. The maximum atomic E-state index is 12.4. The summed E-state index contributed by atoms with van der Waals surface area (Å²) >= 11 is 0. The molecular formula is C19H23N3O3S. The Morgan fingerprint density at radius 3 is 2.42 bits per heavy atom. The summed E-state index contributed by atoms with van der Waals surface area (Å²) in [5.74, 6) is 0.0260. The van der Waals surface area contributed by atoms with E-state index in [1.54, 1.807) is 24.3 Å². The number of carbonyl (C=O) groups is 1. The Kier molecular flexibility index (Phi) is 6.03. The van der Waals surface area contributed by atoms with Crippen LogP contribution in [0.4, 0.5) is 0 Å². The van der Waals surface area contributed by atoms with Gasteiger partial charge >= 0.3 is 0 Å². The van der Waals surface area contributed by atoms with Crippen LogP contribution in [0.5, 0.6) is 0 Å². The van der Waals surface area contributed by atoms with Gasteiger partial charge in [-0.05, 0) is 29.7 Å². The molecule has 138 valence electrons. The molecule has 7 heteroatoms. The van der Waals surface area contributed by atoms with Gasteiger partial charge in [-0.25, -0.2) is 13.1 Å². The maximum absolute atomic E-state index is 12.4. The van der Waals surface area contributed by atoms with Gasteiger partial charge in [0.05, 0.1) is 11.4 Å². The summed E-state index contributed by atoms with van der Waals surface area (Å²) in [5.41, 5.74) is 2.08. The summed E-state index contributed by atoms with van der Waals surface area (Å²) in [5, 5.41) is 2.79. The van der Waals surface area contributed by atoms with Gasteiger partial charge in [0, 0.05) is 26.2 Å². The molecule has 0 aliphatic carbocycles. The van der Waals surface area contributed by atoms with Crippen LogP contribution in [0.15, 0.2) is 59.5 Å². The number of nitrogens with one attached hydrogen (secondary N) is 2. The molecule has 1 amide bonds. The fourth-order valence-electron chi connectivity index (χ4n) is 2.92. The molecule has 2 aromatic carbocycles. The highest BCUT2D eigenvalue weighted by atomic mass is 32.2. The van der Waals surface area contributed by atoms with E-state index in [9.17, 15) is 13.2 Å². The van der Waals surface area contributed by atoms with Crippen LogP contribution in [-0.4, -0.2) is 45.4 Å². The number of piperazine rings is 1. The van der Waals surface area contributed by atoms with Crippen LogP contribution < -0.4 is 10.0 Å². The lowest BCUT2D eigenvalue weighted by atomic mass is 10.2. The Morgan fingerprint density at radius 2 is 1.73 bits per heavy atom. The van der Waals surface area contributed by atoms with E-state index in [1.807, 2.05) is 35.2 Å². The molecule has 0 bridgehead atoms. The molecule has 0 spiro atoms. The Balaban J connectivity index is 1.55. The van der Waals surface area contributed by atoms with Crippen molar-refractivity contribution in [3.05, 3.63) is 65.7 Å². The van der Waals surface area contributed by atoms with Crippen molar-refractivity contribution in [2.75, 3.05) is 26.2 Å². The highest BCUT2D eigenvalue weighted by Crippen LogP contribution is 2.13. The van der Waals surface area contributed by atoms with Crippen LogP contribution in [0.25, 0.3) is 0 Å². The van der Waals surface area contributed by atoms with Gasteiger partial charge < -0.3 is 5.32 Å². The number of nitrogens with zero attached hydrogens (tertiary/aromatic N) is 1. The molecule has 1 aliphatic rings. The number of hydrogen-bond acceptors (Lipinski definition) is 4. The first-order chi connectivity index (χ1) is 12.5. The van der Waals surface area contributed by atoms with Crippen LogP contribution in [-0.2, 0) is 27.8 Å².